The van der Waals surface area contributed by atoms with E-state index in [0.717, 1.165) is 10.6 Å². The number of aliphatic carboxylic acids is 2. The summed E-state index contributed by atoms with van der Waals surface area (Å²) in [4.78, 5) is 20.8. The SMILES string of the molecule is NC(CC[Se][Se]CCC(N)C(=O)O)C(=O)O. The van der Waals surface area contributed by atoms with Crippen molar-refractivity contribution in [3.63, 3.8) is 0 Å². The molecule has 0 aromatic carbocycles. The summed E-state index contributed by atoms with van der Waals surface area (Å²) < 4.78 is 0. The van der Waals surface area contributed by atoms with Crippen molar-refractivity contribution >= 4 is 38.2 Å². The average Bonchev–Trinajstić information content (AvgIpc) is 2.21. The Bertz CT molecular complexity index is 216. The zero-order valence-corrected chi connectivity index (χ0v) is 12.1. The summed E-state index contributed by atoms with van der Waals surface area (Å²) >= 11 is 0.774. The molecule has 0 aromatic heterocycles. The van der Waals surface area contributed by atoms with E-state index >= 15 is 0 Å². The molecule has 0 rings (SSSR count). The van der Waals surface area contributed by atoms with E-state index in [9.17, 15) is 9.59 Å². The Morgan fingerprint density at radius 3 is 1.50 bits per heavy atom. The molecule has 0 saturated heterocycles. The van der Waals surface area contributed by atoms with Gasteiger partial charge in [-0.15, -0.1) is 0 Å². The van der Waals surface area contributed by atoms with E-state index in [0.29, 0.717) is 39.1 Å². The first-order valence-corrected chi connectivity index (χ1v) is 11.4. The molecule has 8 heteroatoms. The van der Waals surface area contributed by atoms with Crippen LogP contribution in [0.4, 0.5) is 0 Å². The molecule has 0 aromatic rings. The Labute approximate surface area is 105 Å². The predicted molar refractivity (Wildman–Crippen MR) is 61.6 cm³/mol. The molecular weight excluding hydrogens is 346 g/mol. The molecule has 2 unspecified atom stereocenters. The zero-order valence-electron chi connectivity index (χ0n) is 8.67. The number of carboxylic acid groups (broad SMARTS) is 2. The van der Waals surface area contributed by atoms with Gasteiger partial charge in [-0.25, -0.2) is 0 Å². The van der Waals surface area contributed by atoms with E-state index in [4.69, 9.17) is 21.7 Å². The van der Waals surface area contributed by atoms with Gasteiger partial charge in [0.25, 0.3) is 0 Å². The van der Waals surface area contributed by atoms with Crippen LogP contribution < -0.4 is 11.5 Å². The van der Waals surface area contributed by atoms with Crippen molar-refractivity contribution in [2.24, 2.45) is 11.5 Å². The van der Waals surface area contributed by atoms with Crippen LogP contribution in [0.2, 0.25) is 10.6 Å². The molecule has 0 heterocycles. The van der Waals surface area contributed by atoms with Gasteiger partial charge in [0.1, 0.15) is 0 Å². The molecule has 2 atom stereocenters. The predicted octanol–water partition coefficient (Wildman–Crippen LogP) is -1.25. The third-order valence-corrected chi connectivity index (χ3v) is 9.23. The molecule has 0 fully saturated rings. The monoisotopic (exact) mass is 364 g/mol. The molecule has 94 valence electrons. The molecule has 0 radical (unpaired) electrons. The van der Waals surface area contributed by atoms with Crippen LogP contribution in [0, 0.1) is 0 Å². The van der Waals surface area contributed by atoms with Crippen LogP contribution in [0.5, 0.6) is 0 Å². The summed E-state index contributed by atoms with van der Waals surface area (Å²) in [7, 11) is 0. The fourth-order valence-corrected chi connectivity index (χ4v) is 7.35. The second-order valence-corrected chi connectivity index (χ2v) is 11.0. The van der Waals surface area contributed by atoms with Gasteiger partial charge >= 0.3 is 105 Å². The second kappa shape index (κ2) is 8.98. The van der Waals surface area contributed by atoms with E-state index in [2.05, 4.69) is 0 Å². The van der Waals surface area contributed by atoms with E-state index in [1.54, 1.807) is 0 Å². The molecule has 16 heavy (non-hydrogen) atoms. The van der Waals surface area contributed by atoms with Crippen LogP contribution in [0.15, 0.2) is 0 Å². The van der Waals surface area contributed by atoms with Crippen molar-refractivity contribution in [2.75, 3.05) is 0 Å². The summed E-state index contributed by atoms with van der Waals surface area (Å²) in [6.45, 7) is 0. The summed E-state index contributed by atoms with van der Waals surface area (Å²) in [6.07, 6.45) is 1.00. The van der Waals surface area contributed by atoms with E-state index in [1.807, 2.05) is 0 Å². The van der Waals surface area contributed by atoms with Gasteiger partial charge in [0, 0.05) is 0 Å². The van der Waals surface area contributed by atoms with Gasteiger partial charge in [-0.3, -0.25) is 0 Å². The van der Waals surface area contributed by atoms with Gasteiger partial charge in [-0.2, -0.15) is 0 Å². The fraction of sp³-hybridized carbons (Fsp3) is 0.750. The Morgan fingerprint density at radius 2 is 1.25 bits per heavy atom. The van der Waals surface area contributed by atoms with Gasteiger partial charge in [0.05, 0.1) is 0 Å². The fourth-order valence-electron chi connectivity index (χ4n) is 0.715. The van der Waals surface area contributed by atoms with Crippen LogP contribution in [0.3, 0.4) is 0 Å². The van der Waals surface area contributed by atoms with Gasteiger partial charge in [0.15, 0.2) is 0 Å². The topological polar surface area (TPSA) is 127 Å². The summed E-state index contributed by atoms with van der Waals surface area (Å²) in [6, 6.07) is -1.53. The number of hydrogen-bond acceptors (Lipinski definition) is 4. The Hall–Kier alpha value is -0.101. The van der Waals surface area contributed by atoms with Crippen LogP contribution >= 0.6 is 0 Å². The standard InChI is InChI=1S/C8H16N2O4Se2/c9-5(7(11)12)1-3-15-16-4-2-6(10)8(13)14/h5-6H,1-4,9-10H2,(H,11,12)(H,13,14). The Kier molecular flexibility index (Phi) is 8.93. The normalized spacial score (nSPS) is 14.4. The van der Waals surface area contributed by atoms with E-state index in [-0.39, 0.29) is 0 Å². The van der Waals surface area contributed by atoms with Gasteiger partial charge in [-0.05, 0) is 0 Å². The summed E-state index contributed by atoms with van der Waals surface area (Å²) in [5, 5.41) is 18.7. The van der Waals surface area contributed by atoms with Crippen LogP contribution in [0.25, 0.3) is 0 Å². The van der Waals surface area contributed by atoms with Gasteiger partial charge in [-0.1, -0.05) is 0 Å². The number of rotatable bonds is 9. The summed E-state index contributed by atoms with van der Waals surface area (Å²) in [5.74, 6) is -1.92. The zero-order chi connectivity index (χ0) is 12.6. The molecule has 0 spiro atoms. The molecule has 0 saturated carbocycles. The van der Waals surface area contributed by atoms with E-state index in [1.165, 1.54) is 0 Å². The third-order valence-electron chi connectivity index (χ3n) is 1.74. The minimum absolute atomic E-state index is 0.387. The first-order valence-electron chi connectivity index (χ1n) is 4.66. The van der Waals surface area contributed by atoms with Crippen molar-refractivity contribution in [3.05, 3.63) is 0 Å². The van der Waals surface area contributed by atoms with Crippen molar-refractivity contribution < 1.29 is 19.8 Å². The number of carbonyl (C=O) groups is 2. The average molecular weight is 362 g/mol. The van der Waals surface area contributed by atoms with Crippen molar-refractivity contribution in [2.45, 2.75) is 35.6 Å². The molecule has 0 amide bonds. The minimum atomic E-state index is -0.962. The van der Waals surface area contributed by atoms with Crippen LogP contribution in [-0.2, 0) is 9.59 Å². The number of hydrogen-bond donors (Lipinski definition) is 4. The van der Waals surface area contributed by atoms with Gasteiger partial charge in [0.2, 0.25) is 0 Å². The Morgan fingerprint density at radius 1 is 0.938 bits per heavy atom. The first-order chi connectivity index (χ1) is 7.45. The quantitative estimate of drug-likeness (QED) is 0.300. The van der Waals surface area contributed by atoms with Crippen molar-refractivity contribution in [1.82, 2.24) is 0 Å². The maximum absolute atomic E-state index is 10.4. The Balaban J connectivity index is 3.34. The van der Waals surface area contributed by atoms with Gasteiger partial charge < -0.3 is 0 Å². The number of carboxylic acids is 2. The van der Waals surface area contributed by atoms with Crippen molar-refractivity contribution in [1.29, 1.82) is 0 Å². The molecular formula is C8H16N2O4Se2. The van der Waals surface area contributed by atoms with Crippen LogP contribution in [0.1, 0.15) is 12.8 Å². The molecule has 0 aliphatic carbocycles. The number of nitrogens with two attached hydrogens (primary N) is 2. The molecule has 0 bridgehead atoms. The van der Waals surface area contributed by atoms with Crippen LogP contribution in [-0.4, -0.2) is 60.5 Å². The van der Waals surface area contributed by atoms with Crippen molar-refractivity contribution in [3.8, 4) is 0 Å². The molecule has 6 nitrogen and oxygen atoms in total. The molecule has 6 N–H and O–H groups in total. The summed E-state index contributed by atoms with van der Waals surface area (Å²) in [5.41, 5.74) is 10.7. The molecule has 0 aliphatic heterocycles. The van der Waals surface area contributed by atoms with E-state index < -0.39 is 24.0 Å². The molecule has 0 aliphatic rings. The second-order valence-electron chi connectivity index (χ2n) is 3.11. The third kappa shape index (κ3) is 8.10. The first kappa shape index (κ1) is 15.9. The maximum atomic E-state index is 10.4.